The van der Waals surface area contributed by atoms with E-state index in [0.717, 1.165) is 18.8 Å². The van der Waals surface area contributed by atoms with Crippen molar-refractivity contribution in [3.05, 3.63) is 0 Å². The Balaban J connectivity index is 1.26. The fourth-order valence-electron chi connectivity index (χ4n) is 5.26. The Morgan fingerprint density at radius 2 is 1.28 bits per heavy atom. The minimum atomic E-state index is -0.0219. The highest BCUT2D eigenvalue weighted by atomic mass is 16.5. The quantitative estimate of drug-likeness (QED) is 0.191. The molecule has 2 aliphatic rings. The summed E-state index contributed by atoms with van der Waals surface area (Å²) in [5.74, 6) is 0.725. The summed E-state index contributed by atoms with van der Waals surface area (Å²) in [6.07, 6.45) is 26.8. The number of nitrogens with one attached hydrogen (secondary N) is 1. The third kappa shape index (κ3) is 10.9. The lowest BCUT2D eigenvalue weighted by Crippen LogP contribution is -2.36. The number of ether oxygens (including phenoxy) is 1. The zero-order valence-electron chi connectivity index (χ0n) is 19.4. The fraction of sp³-hybridized carbons (Fsp3) is 0.962. The maximum atomic E-state index is 12.2. The molecule has 3 heteroatoms. The summed E-state index contributed by atoms with van der Waals surface area (Å²) in [4.78, 5) is 12.2. The van der Waals surface area contributed by atoms with Gasteiger partial charge in [0.05, 0.1) is 6.61 Å². The van der Waals surface area contributed by atoms with Gasteiger partial charge in [-0.1, -0.05) is 110 Å². The molecule has 1 saturated heterocycles. The molecule has 1 unspecified atom stereocenters. The van der Waals surface area contributed by atoms with Gasteiger partial charge in [0, 0.05) is 6.04 Å². The van der Waals surface area contributed by atoms with E-state index in [1.54, 1.807) is 0 Å². The maximum absolute atomic E-state index is 12.2. The number of esters is 1. The SMILES string of the molecule is CCCCCCCCCCCCCCCCCCOC(=O)C1C[C@H]2CCC[C@H]2N1. The van der Waals surface area contributed by atoms with E-state index < -0.39 is 0 Å². The van der Waals surface area contributed by atoms with E-state index in [9.17, 15) is 4.79 Å². The van der Waals surface area contributed by atoms with E-state index in [2.05, 4.69) is 12.2 Å². The lowest BCUT2D eigenvalue weighted by atomic mass is 10.0. The number of carbonyl (C=O) groups is 1. The molecule has 1 N–H and O–H groups in total. The van der Waals surface area contributed by atoms with Crippen LogP contribution >= 0.6 is 0 Å². The molecule has 1 aliphatic carbocycles. The van der Waals surface area contributed by atoms with Crippen molar-refractivity contribution in [3.63, 3.8) is 0 Å². The van der Waals surface area contributed by atoms with Crippen molar-refractivity contribution in [2.24, 2.45) is 5.92 Å². The number of hydrogen-bond acceptors (Lipinski definition) is 3. The monoisotopic (exact) mass is 407 g/mol. The third-order valence-corrected chi connectivity index (χ3v) is 7.14. The van der Waals surface area contributed by atoms with Gasteiger partial charge in [-0.3, -0.25) is 4.79 Å². The van der Waals surface area contributed by atoms with E-state index >= 15 is 0 Å². The number of carbonyl (C=O) groups excluding carboxylic acids is 1. The molecule has 0 bridgehead atoms. The minimum Gasteiger partial charge on any atom is -0.465 e. The summed E-state index contributed by atoms with van der Waals surface area (Å²) < 4.78 is 5.51. The molecule has 0 spiro atoms. The molecule has 29 heavy (non-hydrogen) atoms. The first-order chi connectivity index (χ1) is 14.3. The molecule has 0 amide bonds. The van der Waals surface area contributed by atoms with Crippen LogP contribution in [-0.4, -0.2) is 24.7 Å². The molecule has 2 rings (SSSR count). The van der Waals surface area contributed by atoms with Gasteiger partial charge in [0.2, 0.25) is 0 Å². The minimum absolute atomic E-state index is 0.000333. The second-order valence-corrected chi connectivity index (χ2v) is 9.72. The van der Waals surface area contributed by atoms with Crippen LogP contribution in [-0.2, 0) is 9.53 Å². The molecule has 0 aromatic heterocycles. The van der Waals surface area contributed by atoms with Crippen LogP contribution < -0.4 is 5.32 Å². The summed E-state index contributed by atoms with van der Waals surface area (Å²) in [6.45, 7) is 2.90. The maximum Gasteiger partial charge on any atom is 0.323 e. The van der Waals surface area contributed by atoms with Gasteiger partial charge in [-0.2, -0.15) is 0 Å². The summed E-state index contributed by atoms with van der Waals surface area (Å²) >= 11 is 0. The zero-order chi connectivity index (χ0) is 20.6. The van der Waals surface area contributed by atoms with Crippen molar-refractivity contribution < 1.29 is 9.53 Å². The topological polar surface area (TPSA) is 38.3 Å². The molecule has 0 aromatic carbocycles. The van der Waals surface area contributed by atoms with E-state index in [1.165, 1.54) is 116 Å². The van der Waals surface area contributed by atoms with Gasteiger partial charge in [-0.25, -0.2) is 0 Å². The molecule has 2 fully saturated rings. The predicted molar refractivity (Wildman–Crippen MR) is 123 cm³/mol. The molecule has 3 atom stereocenters. The van der Waals surface area contributed by atoms with Crippen LogP contribution in [0, 0.1) is 5.92 Å². The first-order valence-electron chi connectivity index (χ1n) is 13.2. The third-order valence-electron chi connectivity index (χ3n) is 7.14. The van der Waals surface area contributed by atoms with Crippen molar-refractivity contribution in [1.82, 2.24) is 5.32 Å². The second kappa shape index (κ2) is 16.2. The van der Waals surface area contributed by atoms with Crippen molar-refractivity contribution in [1.29, 1.82) is 0 Å². The van der Waals surface area contributed by atoms with Crippen LogP contribution in [0.2, 0.25) is 0 Å². The molecule has 0 radical (unpaired) electrons. The standard InChI is InChI=1S/C26H49NO2/c1-2-3-4-5-6-7-8-9-10-11-12-13-14-15-16-17-21-29-26(28)25-22-23-19-18-20-24(23)27-25/h23-25,27H,2-22H2,1H3/t23-,24-,25?/m1/s1. The molecule has 3 nitrogen and oxygen atoms in total. The number of rotatable bonds is 18. The highest BCUT2D eigenvalue weighted by Gasteiger charge is 2.40. The van der Waals surface area contributed by atoms with E-state index in [-0.39, 0.29) is 12.0 Å². The van der Waals surface area contributed by atoms with Gasteiger partial charge in [0.15, 0.2) is 0 Å². The van der Waals surface area contributed by atoms with Crippen LogP contribution in [0.15, 0.2) is 0 Å². The summed E-state index contributed by atoms with van der Waals surface area (Å²) in [5, 5.41) is 3.48. The van der Waals surface area contributed by atoms with Crippen molar-refractivity contribution in [2.75, 3.05) is 6.61 Å². The van der Waals surface area contributed by atoms with Crippen molar-refractivity contribution in [3.8, 4) is 0 Å². The molecule has 170 valence electrons. The second-order valence-electron chi connectivity index (χ2n) is 9.72. The van der Waals surface area contributed by atoms with E-state index in [4.69, 9.17) is 4.74 Å². The van der Waals surface area contributed by atoms with Crippen LogP contribution in [0.25, 0.3) is 0 Å². The Hall–Kier alpha value is -0.570. The molecular weight excluding hydrogens is 358 g/mol. The van der Waals surface area contributed by atoms with Crippen molar-refractivity contribution in [2.45, 2.75) is 147 Å². The molecule has 0 aromatic rings. The zero-order valence-corrected chi connectivity index (χ0v) is 19.4. The van der Waals surface area contributed by atoms with Crippen LogP contribution in [0.4, 0.5) is 0 Å². The van der Waals surface area contributed by atoms with Gasteiger partial charge in [-0.05, 0) is 31.6 Å². The highest BCUT2D eigenvalue weighted by molar-refractivity contribution is 5.76. The average molecular weight is 408 g/mol. The van der Waals surface area contributed by atoms with Gasteiger partial charge in [0.25, 0.3) is 0 Å². The summed E-state index contributed by atoms with van der Waals surface area (Å²) in [7, 11) is 0. The number of unbranched alkanes of at least 4 members (excludes halogenated alkanes) is 15. The average Bonchev–Trinajstić information content (AvgIpc) is 3.32. The number of fused-ring (bicyclic) bond motifs is 1. The predicted octanol–water partition coefficient (Wildman–Crippen LogP) is 7.32. The van der Waals surface area contributed by atoms with Gasteiger partial charge in [0.1, 0.15) is 6.04 Å². The van der Waals surface area contributed by atoms with Crippen molar-refractivity contribution >= 4 is 5.97 Å². The van der Waals surface area contributed by atoms with Gasteiger partial charge in [-0.15, -0.1) is 0 Å². The number of hydrogen-bond donors (Lipinski definition) is 1. The highest BCUT2D eigenvalue weighted by Crippen LogP contribution is 2.34. The first kappa shape index (κ1) is 24.7. The fourth-order valence-corrected chi connectivity index (χ4v) is 5.26. The van der Waals surface area contributed by atoms with Crippen LogP contribution in [0.1, 0.15) is 135 Å². The lowest BCUT2D eigenvalue weighted by molar-refractivity contribution is -0.146. The van der Waals surface area contributed by atoms with Gasteiger partial charge < -0.3 is 10.1 Å². The Morgan fingerprint density at radius 1 is 0.759 bits per heavy atom. The molecule has 1 heterocycles. The Labute approximate surface area is 181 Å². The largest absolute Gasteiger partial charge is 0.465 e. The normalized spacial score (nSPS) is 23.4. The summed E-state index contributed by atoms with van der Waals surface area (Å²) in [5.41, 5.74) is 0. The first-order valence-corrected chi connectivity index (χ1v) is 13.2. The Bertz CT molecular complexity index is 400. The molecule has 1 saturated carbocycles. The van der Waals surface area contributed by atoms with Crippen LogP contribution in [0.3, 0.4) is 0 Å². The van der Waals surface area contributed by atoms with Gasteiger partial charge >= 0.3 is 5.97 Å². The molecular formula is C26H49NO2. The smallest absolute Gasteiger partial charge is 0.323 e. The molecule has 1 aliphatic heterocycles. The van der Waals surface area contributed by atoms with Crippen LogP contribution in [0.5, 0.6) is 0 Å². The Morgan fingerprint density at radius 3 is 1.79 bits per heavy atom. The van der Waals surface area contributed by atoms with E-state index in [0.29, 0.717) is 12.6 Å². The summed E-state index contributed by atoms with van der Waals surface area (Å²) in [6, 6.07) is 0.564. The van der Waals surface area contributed by atoms with E-state index in [1.807, 2.05) is 0 Å². The lowest BCUT2D eigenvalue weighted by Gasteiger charge is -2.12. The Kier molecular flexibility index (Phi) is 13.8.